The van der Waals surface area contributed by atoms with Gasteiger partial charge in [0.15, 0.2) is 0 Å². The molecule has 0 aliphatic rings. The van der Waals surface area contributed by atoms with Crippen LogP contribution in [-0.2, 0) is 0 Å². The fourth-order valence-corrected chi connectivity index (χ4v) is 0.908. The second kappa shape index (κ2) is 3.94. The first-order valence-electron chi connectivity index (χ1n) is 4.42. The maximum Gasteiger partial charge on any atom is 0.0163 e. The molecule has 72 valence electrons. The molecular formula is C10H22N2. The van der Waals surface area contributed by atoms with Gasteiger partial charge in [0.1, 0.15) is 0 Å². The Kier molecular flexibility index (Phi) is 3.78. The fraction of sp³-hybridized carbons (Fsp3) is 0.800. The van der Waals surface area contributed by atoms with Crippen molar-refractivity contribution in [2.45, 2.75) is 33.7 Å². The number of nitrogens with two attached hydrogens (primary N) is 1. The van der Waals surface area contributed by atoms with Crippen molar-refractivity contribution in [2.75, 3.05) is 13.6 Å². The lowest BCUT2D eigenvalue weighted by Crippen LogP contribution is -2.38. The van der Waals surface area contributed by atoms with Crippen LogP contribution in [-0.4, -0.2) is 24.5 Å². The first kappa shape index (κ1) is 11.5. The molecule has 0 rings (SSSR count). The van der Waals surface area contributed by atoms with E-state index in [4.69, 9.17) is 5.73 Å². The van der Waals surface area contributed by atoms with E-state index in [9.17, 15) is 0 Å². The normalized spacial score (nSPS) is 12.6. The Morgan fingerprint density at radius 3 is 2.17 bits per heavy atom. The van der Waals surface area contributed by atoms with Gasteiger partial charge in [-0.2, -0.15) is 0 Å². The average molecular weight is 170 g/mol. The monoisotopic (exact) mass is 170 g/mol. The van der Waals surface area contributed by atoms with Crippen molar-refractivity contribution in [1.29, 1.82) is 0 Å². The van der Waals surface area contributed by atoms with E-state index in [-0.39, 0.29) is 5.41 Å². The van der Waals surface area contributed by atoms with Gasteiger partial charge in [-0.25, -0.2) is 0 Å². The summed E-state index contributed by atoms with van der Waals surface area (Å²) < 4.78 is 0. The van der Waals surface area contributed by atoms with E-state index in [2.05, 4.69) is 46.2 Å². The molecule has 0 aliphatic carbocycles. The molecule has 0 heterocycles. The first-order valence-corrected chi connectivity index (χ1v) is 4.42. The molecule has 0 saturated heterocycles. The zero-order chi connectivity index (χ0) is 9.94. The molecule has 0 radical (unpaired) electrons. The highest BCUT2D eigenvalue weighted by Crippen LogP contribution is 2.22. The van der Waals surface area contributed by atoms with Gasteiger partial charge in [-0.1, -0.05) is 20.4 Å². The smallest absolute Gasteiger partial charge is 0.0163 e. The summed E-state index contributed by atoms with van der Waals surface area (Å²) in [7, 11) is 2.11. The molecule has 0 unspecified atom stereocenters. The quantitative estimate of drug-likeness (QED) is 0.697. The number of nitrogens with zero attached hydrogens (tertiary/aromatic N) is 1. The van der Waals surface area contributed by atoms with E-state index in [0.29, 0.717) is 6.04 Å². The second-order valence-electron chi connectivity index (χ2n) is 4.42. The molecule has 0 aromatic rings. The van der Waals surface area contributed by atoms with Crippen LogP contribution in [0.5, 0.6) is 0 Å². The molecule has 0 saturated carbocycles. The highest BCUT2D eigenvalue weighted by Gasteiger charge is 2.22. The van der Waals surface area contributed by atoms with Crippen LogP contribution in [0.15, 0.2) is 12.3 Å². The van der Waals surface area contributed by atoms with Crippen LogP contribution in [0, 0.1) is 5.41 Å². The van der Waals surface area contributed by atoms with E-state index in [1.807, 2.05) is 0 Å². The van der Waals surface area contributed by atoms with Crippen LogP contribution >= 0.6 is 0 Å². The van der Waals surface area contributed by atoms with Crippen LogP contribution in [0.1, 0.15) is 27.7 Å². The highest BCUT2D eigenvalue weighted by molar-refractivity contribution is 5.02. The average Bonchev–Trinajstić information content (AvgIpc) is 1.85. The molecule has 0 fully saturated rings. The Morgan fingerprint density at radius 2 is 1.92 bits per heavy atom. The molecule has 0 amide bonds. The second-order valence-corrected chi connectivity index (χ2v) is 4.42. The summed E-state index contributed by atoms with van der Waals surface area (Å²) in [6, 6.07) is 0.559. The summed E-state index contributed by atoms with van der Waals surface area (Å²) in [6.45, 7) is 13.3. The van der Waals surface area contributed by atoms with Crippen molar-refractivity contribution < 1.29 is 0 Å². The van der Waals surface area contributed by atoms with E-state index in [0.717, 1.165) is 12.2 Å². The summed E-state index contributed by atoms with van der Waals surface area (Å²) in [5, 5.41) is 0. The number of hydrogen-bond donors (Lipinski definition) is 1. The standard InChI is InChI=1S/C10H22N2/c1-8(2)12(6)7-10(4,5)9(3)11/h8H,3,7,11H2,1-2,4-6H3. The summed E-state index contributed by atoms with van der Waals surface area (Å²) in [5.41, 5.74) is 6.47. The van der Waals surface area contributed by atoms with Crippen LogP contribution in [0.4, 0.5) is 0 Å². The van der Waals surface area contributed by atoms with Gasteiger partial charge in [-0.05, 0) is 20.9 Å². The summed E-state index contributed by atoms with van der Waals surface area (Å²) in [4.78, 5) is 2.28. The Hall–Kier alpha value is -0.500. The van der Waals surface area contributed by atoms with E-state index in [1.165, 1.54) is 0 Å². The Morgan fingerprint density at radius 1 is 1.50 bits per heavy atom. The molecule has 0 aliphatic heterocycles. The van der Waals surface area contributed by atoms with Gasteiger partial charge in [0.2, 0.25) is 0 Å². The molecule has 0 spiro atoms. The molecule has 0 atom stereocenters. The Balaban J connectivity index is 4.15. The molecule has 2 heteroatoms. The first-order chi connectivity index (χ1) is 5.27. The fourth-order valence-electron chi connectivity index (χ4n) is 0.908. The van der Waals surface area contributed by atoms with Crippen LogP contribution in [0.2, 0.25) is 0 Å². The molecule has 2 N–H and O–H groups in total. The minimum Gasteiger partial charge on any atom is -0.402 e. The largest absolute Gasteiger partial charge is 0.402 e. The summed E-state index contributed by atoms with van der Waals surface area (Å²) in [6.07, 6.45) is 0. The SMILES string of the molecule is C=C(N)C(C)(C)CN(C)C(C)C. The molecule has 12 heavy (non-hydrogen) atoms. The van der Waals surface area contributed by atoms with Crippen LogP contribution in [0.3, 0.4) is 0 Å². The van der Waals surface area contributed by atoms with Gasteiger partial charge in [0.05, 0.1) is 0 Å². The van der Waals surface area contributed by atoms with Crippen LogP contribution < -0.4 is 5.73 Å². The van der Waals surface area contributed by atoms with Crippen LogP contribution in [0.25, 0.3) is 0 Å². The van der Waals surface area contributed by atoms with Crippen molar-refractivity contribution in [2.24, 2.45) is 11.1 Å². The predicted octanol–water partition coefficient (Wildman–Crippen LogP) is 1.83. The lowest BCUT2D eigenvalue weighted by atomic mass is 9.89. The molecule has 0 bridgehead atoms. The Labute approximate surface area is 76.4 Å². The lowest BCUT2D eigenvalue weighted by Gasteiger charge is -2.32. The highest BCUT2D eigenvalue weighted by atomic mass is 15.1. The maximum absolute atomic E-state index is 5.70. The van der Waals surface area contributed by atoms with Gasteiger partial charge in [0.25, 0.3) is 0 Å². The summed E-state index contributed by atoms with van der Waals surface area (Å²) in [5.74, 6) is 0. The van der Waals surface area contributed by atoms with Crippen molar-refractivity contribution in [3.05, 3.63) is 12.3 Å². The van der Waals surface area contributed by atoms with E-state index >= 15 is 0 Å². The van der Waals surface area contributed by atoms with E-state index in [1.54, 1.807) is 0 Å². The maximum atomic E-state index is 5.70. The Bertz CT molecular complexity index is 159. The van der Waals surface area contributed by atoms with Crippen molar-refractivity contribution in [3.63, 3.8) is 0 Å². The third-order valence-corrected chi connectivity index (χ3v) is 2.40. The van der Waals surface area contributed by atoms with Gasteiger partial charge >= 0.3 is 0 Å². The number of rotatable bonds is 4. The minimum absolute atomic E-state index is 0.0129. The zero-order valence-electron chi connectivity index (χ0n) is 9.02. The van der Waals surface area contributed by atoms with Crippen molar-refractivity contribution in [1.82, 2.24) is 4.90 Å². The molecule has 0 aromatic carbocycles. The minimum atomic E-state index is 0.0129. The zero-order valence-corrected chi connectivity index (χ0v) is 9.02. The molecular weight excluding hydrogens is 148 g/mol. The lowest BCUT2D eigenvalue weighted by molar-refractivity contribution is 0.200. The predicted molar refractivity (Wildman–Crippen MR) is 54.9 cm³/mol. The third kappa shape index (κ3) is 3.26. The topological polar surface area (TPSA) is 29.3 Å². The van der Waals surface area contributed by atoms with Crippen molar-refractivity contribution in [3.8, 4) is 0 Å². The third-order valence-electron chi connectivity index (χ3n) is 2.40. The van der Waals surface area contributed by atoms with Gasteiger partial charge in [-0.15, -0.1) is 0 Å². The van der Waals surface area contributed by atoms with Crippen molar-refractivity contribution >= 4 is 0 Å². The molecule has 0 aromatic heterocycles. The number of hydrogen-bond acceptors (Lipinski definition) is 2. The van der Waals surface area contributed by atoms with E-state index < -0.39 is 0 Å². The van der Waals surface area contributed by atoms with Gasteiger partial charge < -0.3 is 10.6 Å². The van der Waals surface area contributed by atoms with Gasteiger partial charge in [-0.3, -0.25) is 0 Å². The summed E-state index contributed by atoms with van der Waals surface area (Å²) >= 11 is 0. The molecule has 2 nitrogen and oxygen atoms in total. The van der Waals surface area contributed by atoms with Gasteiger partial charge in [0, 0.05) is 23.7 Å².